The summed E-state index contributed by atoms with van der Waals surface area (Å²) in [6, 6.07) is 6.70. The van der Waals surface area contributed by atoms with Crippen molar-refractivity contribution >= 4 is 23.9 Å². The molecule has 7 nitrogen and oxygen atoms in total. The van der Waals surface area contributed by atoms with E-state index in [2.05, 4.69) is 20.5 Å². The molecule has 0 radical (unpaired) electrons. The zero-order chi connectivity index (χ0) is 15.8. The van der Waals surface area contributed by atoms with Crippen molar-refractivity contribution in [1.82, 2.24) is 15.4 Å². The number of thioether (sulfide) groups is 1. The van der Waals surface area contributed by atoms with Crippen molar-refractivity contribution in [1.29, 1.82) is 0 Å². The van der Waals surface area contributed by atoms with Gasteiger partial charge in [0, 0.05) is 18.0 Å². The van der Waals surface area contributed by atoms with Crippen LogP contribution in [0.15, 0.2) is 46.9 Å². The quantitative estimate of drug-likeness (QED) is 0.362. The Morgan fingerprint density at radius 2 is 2.18 bits per heavy atom. The van der Waals surface area contributed by atoms with Gasteiger partial charge in [0.05, 0.1) is 19.1 Å². The van der Waals surface area contributed by atoms with Crippen molar-refractivity contribution in [2.24, 2.45) is 5.10 Å². The minimum absolute atomic E-state index is 0.0324. The SMILES string of the molecule is COc1cccc(C=NNC(=O)CSc2ncccn2)c1O. The summed E-state index contributed by atoms with van der Waals surface area (Å²) in [6.45, 7) is 0. The Morgan fingerprint density at radius 1 is 1.41 bits per heavy atom. The summed E-state index contributed by atoms with van der Waals surface area (Å²) in [5.41, 5.74) is 2.81. The second kappa shape index (κ2) is 7.99. The van der Waals surface area contributed by atoms with Crippen molar-refractivity contribution in [3.05, 3.63) is 42.2 Å². The lowest BCUT2D eigenvalue weighted by Crippen LogP contribution is -2.19. The van der Waals surface area contributed by atoms with Gasteiger partial charge in [0.2, 0.25) is 0 Å². The summed E-state index contributed by atoms with van der Waals surface area (Å²) in [4.78, 5) is 19.6. The van der Waals surface area contributed by atoms with Crippen LogP contribution in [0.5, 0.6) is 11.5 Å². The number of hydrazone groups is 1. The molecule has 22 heavy (non-hydrogen) atoms. The Hall–Kier alpha value is -2.61. The maximum Gasteiger partial charge on any atom is 0.250 e. The number of hydrogen-bond donors (Lipinski definition) is 2. The number of aromatic hydroxyl groups is 1. The largest absolute Gasteiger partial charge is 0.504 e. The lowest BCUT2D eigenvalue weighted by Gasteiger charge is -2.04. The molecule has 2 aromatic rings. The Bertz CT molecular complexity index is 664. The van der Waals surface area contributed by atoms with Gasteiger partial charge in [-0.25, -0.2) is 15.4 Å². The van der Waals surface area contributed by atoms with Crippen molar-refractivity contribution in [2.45, 2.75) is 5.16 Å². The summed E-state index contributed by atoms with van der Waals surface area (Å²) in [5, 5.41) is 14.2. The molecular formula is C14H14N4O3S. The highest BCUT2D eigenvalue weighted by Gasteiger charge is 2.06. The Kier molecular flexibility index (Phi) is 5.73. The number of nitrogens with one attached hydrogen (secondary N) is 1. The highest BCUT2D eigenvalue weighted by Crippen LogP contribution is 2.27. The van der Waals surface area contributed by atoms with Gasteiger partial charge >= 0.3 is 0 Å². The second-order valence-corrected chi connectivity index (χ2v) is 4.95. The molecule has 0 aliphatic carbocycles. The highest BCUT2D eigenvalue weighted by atomic mass is 32.2. The van der Waals surface area contributed by atoms with Crippen LogP contribution in [0.3, 0.4) is 0 Å². The zero-order valence-electron chi connectivity index (χ0n) is 11.8. The summed E-state index contributed by atoms with van der Waals surface area (Å²) in [7, 11) is 1.46. The van der Waals surface area contributed by atoms with E-state index >= 15 is 0 Å². The van der Waals surface area contributed by atoms with Crippen LogP contribution in [0.2, 0.25) is 0 Å². The fraction of sp³-hybridized carbons (Fsp3) is 0.143. The molecule has 2 rings (SSSR count). The topological polar surface area (TPSA) is 96.7 Å². The number of aromatic nitrogens is 2. The fourth-order valence-electron chi connectivity index (χ4n) is 1.50. The molecule has 2 N–H and O–H groups in total. The number of methoxy groups -OCH3 is 1. The third-order valence-corrected chi connectivity index (χ3v) is 3.39. The average molecular weight is 318 g/mol. The van der Waals surface area contributed by atoms with Gasteiger partial charge in [-0.3, -0.25) is 4.79 Å². The van der Waals surface area contributed by atoms with Crippen LogP contribution in [-0.2, 0) is 4.79 Å². The standard InChI is InChI=1S/C14H14N4O3S/c1-21-11-5-2-4-10(13(11)20)8-17-18-12(19)9-22-14-15-6-3-7-16-14/h2-8,20H,9H2,1H3,(H,18,19). The predicted molar refractivity (Wildman–Crippen MR) is 83.2 cm³/mol. The van der Waals surface area contributed by atoms with E-state index in [-0.39, 0.29) is 17.4 Å². The van der Waals surface area contributed by atoms with Crippen LogP contribution in [0.1, 0.15) is 5.56 Å². The van der Waals surface area contributed by atoms with Gasteiger partial charge in [-0.05, 0) is 18.2 Å². The Labute approximate surface area is 131 Å². The second-order valence-electron chi connectivity index (χ2n) is 4.01. The number of carbonyl (C=O) groups excluding carboxylic acids is 1. The molecule has 0 saturated carbocycles. The van der Waals surface area contributed by atoms with Gasteiger partial charge in [0.25, 0.3) is 5.91 Å². The lowest BCUT2D eigenvalue weighted by molar-refractivity contribution is -0.118. The first-order chi connectivity index (χ1) is 10.7. The molecule has 114 valence electrons. The number of nitrogens with zero attached hydrogens (tertiary/aromatic N) is 3. The number of benzene rings is 1. The van der Waals surface area contributed by atoms with Gasteiger partial charge in [-0.1, -0.05) is 17.8 Å². The molecular weight excluding hydrogens is 304 g/mol. The summed E-state index contributed by atoms with van der Waals surface area (Å²) >= 11 is 1.21. The number of amides is 1. The molecule has 0 aliphatic rings. The van der Waals surface area contributed by atoms with Crippen LogP contribution in [-0.4, -0.2) is 40.1 Å². The number of phenolic OH excluding ortho intramolecular Hbond substituents is 1. The number of para-hydroxylation sites is 1. The van der Waals surface area contributed by atoms with E-state index in [1.54, 1.807) is 36.7 Å². The van der Waals surface area contributed by atoms with Crippen molar-refractivity contribution in [3.63, 3.8) is 0 Å². The van der Waals surface area contributed by atoms with Crippen LogP contribution in [0, 0.1) is 0 Å². The van der Waals surface area contributed by atoms with Crippen LogP contribution >= 0.6 is 11.8 Å². The molecule has 0 aliphatic heterocycles. The number of carbonyl (C=O) groups is 1. The normalized spacial score (nSPS) is 10.6. The van der Waals surface area contributed by atoms with Crippen molar-refractivity contribution in [2.75, 3.05) is 12.9 Å². The van der Waals surface area contributed by atoms with Crippen molar-refractivity contribution in [3.8, 4) is 11.5 Å². The molecule has 0 spiro atoms. The van der Waals surface area contributed by atoms with Crippen LogP contribution in [0.4, 0.5) is 0 Å². The monoisotopic (exact) mass is 318 g/mol. The first-order valence-electron chi connectivity index (χ1n) is 6.28. The number of ether oxygens (including phenoxy) is 1. The Morgan fingerprint density at radius 3 is 2.91 bits per heavy atom. The van der Waals surface area contributed by atoms with Gasteiger partial charge in [0.1, 0.15) is 0 Å². The maximum atomic E-state index is 11.6. The minimum Gasteiger partial charge on any atom is -0.504 e. The molecule has 0 bridgehead atoms. The summed E-state index contributed by atoms with van der Waals surface area (Å²) in [5.74, 6) is 0.157. The average Bonchev–Trinajstić information content (AvgIpc) is 2.55. The molecule has 1 amide bonds. The van der Waals surface area contributed by atoms with E-state index in [0.29, 0.717) is 16.5 Å². The van der Waals surface area contributed by atoms with Gasteiger partial charge in [0.15, 0.2) is 16.7 Å². The van der Waals surface area contributed by atoms with Gasteiger partial charge in [-0.15, -0.1) is 0 Å². The van der Waals surface area contributed by atoms with E-state index < -0.39 is 0 Å². The van der Waals surface area contributed by atoms with E-state index in [4.69, 9.17) is 4.74 Å². The fourth-order valence-corrected chi connectivity index (χ4v) is 2.10. The maximum absolute atomic E-state index is 11.6. The number of hydrogen-bond acceptors (Lipinski definition) is 7. The van der Waals surface area contributed by atoms with Gasteiger partial charge in [-0.2, -0.15) is 5.10 Å². The summed E-state index contributed by atoms with van der Waals surface area (Å²) < 4.78 is 4.98. The zero-order valence-corrected chi connectivity index (χ0v) is 12.6. The third-order valence-electron chi connectivity index (χ3n) is 2.52. The molecule has 1 heterocycles. The Balaban J connectivity index is 1.86. The first-order valence-corrected chi connectivity index (χ1v) is 7.27. The third kappa shape index (κ3) is 4.45. The molecule has 0 fully saturated rings. The molecule has 0 unspecified atom stereocenters. The smallest absolute Gasteiger partial charge is 0.250 e. The number of phenols is 1. The minimum atomic E-state index is -0.295. The predicted octanol–water partition coefficient (Wildman–Crippen LogP) is 1.43. The van der Waals surface area contributed by atoms with E-state index in [1.807, 2.05) is 0 Å². The van der Waals surface area contributed by atoms with Crippen LogP contribution in [0.25, 0.3) is 0 Å². The molecule has 0 saturated heterocycles. The van der Waals surface area contributed by atoms with Crippen molar-refractivity contribution < 1.29 is 14.6 Å². The highest BCUT2D eigenvalue weighted by molar-refractivity contribution is 7.99. The first kappa shape index (κ1) is 15.8. The number of rotatable bonds is 6. The van der Waals surface area contributed by atoms with Gasteiger partial charge < -0.3 is 9.84 Å². The van der Waals surface area contributed by atoms with Crippen LogP contribution < -0.4 is 10.2 Å². The summed E-state index contributed by atoms with van der Waals surface area (Å²) in [6.07, 6.45) is 4.56. The van der Waals surface area contributed by atoms with E-state index in [9.17, 15) is 9.90 Å². The lowest BCUT2D eigenvalue weighted by atomic mass is 10.2. The van der Waals surface area contributed by atoms with E-state index in [0.717, 1.165) is 0 Å². The van der Waals surface area contributed by atoms with E-state index in [1.165, 1.54) is 25.1 Å². The molecule has 0 atom stereocenters. The molecule has 8 heteroatoms. The molecule has 1 aromatic carbocycles. The molecule has 1 aromatic heterocycles.